The maximum absolute atomic E-state index is 12.9. The van der Waals surface area contributed by atoms with Crippen LogP contribution >= 0.6 is 0 Å². The summed E-state index contributed by atoms with van der Waals surface area (Å²) in [7, 11) is 1.92. The fourth-order valence-corrected chi connectivity index (χ4v) is 3.55. The average molecular weight is 349 g/mol. The van der Waals surface area contributed by atoms with Crippen LogP contribution in [0.5, 0.6) is 0 Å². The summed E-state index contributed by atoms with van der Waals surface area (Å²) in [5, 5.41) is 7.26. The number of hydrogen-bond donors (Lipinski definition) is 2. The van der Waals surface area contributed by atoms with Gasteiger partial charge in [-0.25, -0.2) is 0 Å². The van der Waals surface area contributed by atoms with E-state index in [0.717, 1.165) is 36.3 Å². The lowest BCUT2D eigenvalue weighted by molar-refractivity contribution is -0.138. The molecule has 2 unspecified atom stereocenters. The number of nitrogens with two attached hydrogens (primary N) is 1. The monoisotopic (exact) mass is 349 g/mol. The maximum Gasteiger partial charge on any atom is 0.225 e. The van der Waals surface area contributed by atoms with Crippen molar-refractivity contribution >= 4 is 11.8 Å². The van der Waals surface area contributed by atoms with Gasteiger partial charge >= 0.3 is 0 Å². The number of aromatic nitrogens is 2. The molecule has 1 saturated heterocycles. The fraction of sp³-hybridized carbons (Fsp3) is 0.722. The van der Waals surface area contributed by atoms with Crippen LogP contribution in [0.15, 0.2) is 0 Å². The van der Waals surface area contributed by atoms with Crippen LogP contribution in [0.1, 0.15) is 36.7 Å². The van der Waals surface area contributed by atoms with Crippen molar-refractivity contribution in [1.82, 2.24) is 20.0 Å². The van der Waals surface area contributed by atoms with Gasteiger partial charge in [0.05, 0.1) is 11.6 Å². The van der Waals surface area contributed by atoms with Crippen LogP contribution in [-0.2, 0) is 23.1 Å². The average Bonchev–Trinajstić information content (AvgIpc) is 2.85. The van der Waals surface area contributed by atoms with E-state index >= 15 is 0 Å². The van der Waals surface area contributed by atoms with Gasteiger partial charge in [-0.05, 0) is 38.7 Å². The molecule has 1 aliphatic rings. The zero-order chi connectivity index (χ0) is 18.6. The van der Waals surface area contributed by atoms with E-state index in [-0.39, 0.29) is 23.7 Å². The molecule has 7 nitrogen and oxygen atoms in total. The number of nitrogens with zero attached hydrogens (tertiary/aromatic N) is 3. The van der Waals surface area contributed by atoms with Crippen LogP contribution in [0, 0.1) is 25.7 Å². The molecule has 1 aromatic rings. The third-order valence-electron chi connectivity index (χ3n) is 5.14. The number of aryl methyl sites for hydroxylation is 2. The number of hydrogen-bond acceptors (Lipinski definition) is 4. The second kappa shape index (κ2) is 8.47. The van der Waals surface area contributed by atoms with Crippen molar-refractivity contribution in [3.8, 4) is 0 Å². The Balaban J connectivity index is 1.97. The van der Waals surface area contributed by atoms with Gasteiger partial charge in [0, 0.05) is 44.8 Å². The number of carbonyl (C=O) groups is 2. The van der Waals surface area contributed by atoms with Gasteiger partial charge in [-0.3, -0.25) is 14.3 Å². The van der Waals surface area contributed by atoms with Crippen LogP contribution in [0.3, 0.4) is 0 Å². The van der Waals surface area contributed by atoms with Gasteiger partial charge in [-0.2, -0.15) is 5.10 Å². The number of amides is 2. The minimum Gasteiger partial charge on any atom is -0.355 e. The van der Waals surface area contributed by atoms with Crippen molar-refractivity contribution in [3.05, 3.63) is 17.0 Å². The van der Waals surface area contributed by atoms with Gasteiger partial charge in [0.2, 0.25) is 11.8 Å². The highest BCUT2D eigenvalue weighted by atomic mass is 16.2. The summed E-state index contributed by atoms with van der Waals surface area (Å²) in [6.45, 7) is 8.14. The summed E-state index contributed by atoms with van der Waals surface area (Å²) >= 11 is 0. The molecule has 7 heteroatoms. The predicted octanol–water partition coefficient (Wildman–Crippen LogP) is 0.529. The van der Waals surface area contributed by atoms with Gasteiger partial charge < -0.3 is 16.0 Å². The van der Waals surface area contributed by atoms with E-state index in [1.807, 2.05) is 37.4 Å². The van der Waals surface area contributed by atoms with Crippen molar-refractivity contribution in [3.63, 3.8) is 0 Å². The zero-order valence-corrected chi connectivity index (χ0v) is 15.8. The van der Waals surface area contributed by atoms with Gasteiger partial charge in [0.15, 0.2) is 0 Å². The van der Waals surface area contributed by atoms with E-state index < -0.39 is 0 Å². The Kier molecular flexibility index (Phi) is 6.58. The summed E-state index contributed by atoms with van der Waals surface area (Å²) in [6, 6.07) is 0. The first-order chi connectivity index (χ1) is 11.8. The third kappa shape index (κ3) is 4.60. The first kappa shape index (κ1) is 19.4. The molecule has 2 atom stereocenters. The molecule has 3 N–H and O–H groups in total. The van der Waals surface area contributed by atoms with Gasteiger partial charge in [-0.1, -0.05) is 6.92 Å². The highest BCUT2D eigenvalue weighted by Gasteiger charge is 2.30. The first-order valence-corrected chi connectivity index (χ1v) is 9.10. The van der Waals surface area contributed by atoms with Crippen molar-refractivity contribution in [2.75, 3.05) is 26.2 Å². The van der Waals surface area contributed by atoms with Crippen molar-refractivity contribution in [2.24, 2.45) is 24.6 Å². The standard InChI is InChI=1S/C18H31N5O2/c1-12(10-16-13(2)21-22(4)14(16)3)18(25)23-9-5-6-15(11-23)17(24)20-8-7-19/h12,15H,5-11,19H2,1-4H3,(H,20,24). The highest BCUT2D eigenvalue weighted by Crippen LogP contribution is 2.22. The first-order valence-electron chi connectivity index (χ1n) is 9.10. The molecule has 0 aliphatic carbocycles. The molecule has 2 amide bonds. The van der Waals surface area contributed by atoms with Crippen LogP contribution in [0.2, 0.25) is 0 Å². The molecule has 0 spiro atoms. The number of nitrogens with one attached hydrogen (secondary N) is 1. The molecule has 0 saturated carbocycles. The zero-order valence-electron chi connectivity index (χ0n) is 15.8. The Morgan fingerprint density at radius 1 is 1.40 bits per heavy atom. The summed E-state index contributed by atoms with van der Waals surface area (Å²) < 4.78 is 1.86. The minimum atomic E-state index is -0.127. The van der Waals surface area contributed by atoms with Gasteiger partial charge in [0.25, 0.3) is 0 Å². The Labute approximate surface area is 149 Å². The summed E-state index contributed by atoms with van der Waals surface area (Å²) in [6.07, 6.45) is 2.38. The van der Waals surface area contributed by atoms with E-state index in [0.29, 0.717) is 26.1 Å². The van der Waals surface area contributed by atoms with Crippen molar-refractivity contribution in [1.29, 1.82) is 0 Å². The normalized spacial score (nSPS) is 18.9. The van der Waals surface area contributed by atoms with Crippen LogP contribution in [-0.4, -0.2) is 52.7 Å². The van der Waals surface area contributed by atoms with Gasteiger partial charge in [0.1, 0.15) is 0 Å². The second-order valence-corrected chi connectivity index (χ2v) is 7.08. The molecule has 25 heavy (non-hydrogen) atoms. The topological polar surface area (TPSA) is 93.2 Å². The van der Waals surface area contributed by atoms with Gasteiger partial charge in [-0.15, -0.1) is 0 Å². The van der Waals surface area contributed by atoms with Crippen molar-refractivity contribution in [2.45, 2.75) is 40.0 Å². The smallest absolute Gasteiger partial charge is 0.225 e. The fourth-order valence-electron chi connectivity index (χ4n) is 3.55. The van der Waals surface area contributed by atoms with E-state index in [1.54, 1.807) is 0 Å². The molecule has 1 aliphatic heterocycles. The highest BCUT2D eigenvalue weighted by molar-refractivity contribution is 5.82. The molecule has 0 aromatic carbocycles. The van der Waals surface area contributed by atoms with E-state index in [4.69, 9.17) is 5.73 Å². The molecule has 0 radical (unpaired) electrons. The third-order valence-corrected chi connectivity index (χ3v) is 5.14. The lowest BCUT2D eigenvalue weighted by atomic mass is 9.93. The second-order valence-electron chi connectivity index (χ2n) is 7.08. The number of piperidine rings is 1. The summed E-state index contributed by atoms with van der Waals surface area (Å²) in [4.78, 5) is 26.9. The minimum absolute atomic E-state index is 0.00884. The molecule has 2 rings (SSSR count). The van der Waals surface area contributed by atoms with E-state index in [9.17, 15) is 9.59 Å². The molecule has 140 valence electrons. The van der Waals surface area contributed by atoms with E-state index in [2.05, 4.69) is 10.4 Å². The summed E-state index contributed by atoms with van der Waals surface area (Å²) in [5.41, 5.74) is 8.68. The lowest BCUT2D eigenvalue weighted by Gasteiger charge is -2.33. The van der Waals surface area contributed by atoms with Crippen LogP contribution < -0.4 is 11.1 Å². The Hall–Kier alpha value is -1.89. The largest absolute Gasteiger partial charge is 0.355 e. The quantitative estimate of drug-likeness (QED) is 0.783. The van der Waals surface area contributed by atoms with Crippen molar-refractivity contribution < 1.29 is 9.59 Å². The number of carbonyl (C=O) groups excluding carboxylic acids is 2. The molecule has 0 bridgehead atoms. The number of rotatable bonds is 6. The Morgan fingerprint density at radius 2 is 2.12 bits per heavy atom. The Bertz CT molecular complexity index is 625. The van der Waals surface area contributed by atoms with Crippen LogP contribution in [0.25, 0.3) is 0 Å². The molecule has 1 fully saturated rings. The molecular formula is C18H31N5O2. The molecule has 2 heterocycles. The summed E-state index contributed by atoms with van der Waals surface area (Å²) in [5.74, 6) is -0.112. The number of likely N-dealkylation sites (tertiary alicyclic amines) is 1. The maximum atomic E-state index is 12.9. The SMILES string of the molecule is Cc1nn(C)c(C)c1CC(C)C(=O)N1CCCC(C(=O)NCCN)C1. The lowest BCUT2D eigenvalue weighted by Crippen LogP contribution is -2.47. The predicted molar refractivity (Wildman–Crippen MR) is 96.9 cm³/mol. The molecular weight excluding hydrogens is 318 g/mol. The van der Waals surface area contributed by atoms with E-state index in [1.165, 1.54) is 0 Å². The Morgan fingerprint density at radius 3 is 2.72 bits per heavy atom. The molecule has 1 aromatic heterocycles. The van der Waals surface area contributed by atoms with Crippen LogP contribution in [0.4, 0.5) is 0 Å².